The molecule has 1 N–H and O–H groups in total. The molecule has 1 aromatic heterocycles. The van der Waals surface area contributed by atoms with Crippen LogP contribution in [0.25, 0.3) is 15.8 Å². The smallest absolute Gasteiger partial charge is 0.138 e. The van der Waals surface area contributed by atoms with Crippen molar-refractivity contribution in [3.05, 3.63) is 35.0 Å². The predicted octanol–water partition coefficient (Wildman–Crippen LogP) is 2.42. The van der Waals surface area contributed by atoms with Gasteiger partial charge in [0.05, 0.1) is 30.0 Å². The fourth-order valence-electron chi connectivity index (χ4n) is 2.27. The lowest BCUT2D eigenvalue weighted by Crippen LogP contribution is -2.37. The normalized spacial score (nSPS) is 17.5. The summed E-state index contributed by atoms with van der Waals surface area (Å²) in [4.78, 5) is 6.51. The lowest BCUT2D eigenvalue weighted by Gasteiger charge is -2.26. The number of ether oxygens (including phenoxy) is 1. The van der Waals surface area contributed by atoms with E-state index in [0.29, 0.717) is 24.8 Å². The second-order valence-corrected chi connectivity index (χ2v) is 5.84. The summed E-state index contributed by atoms with van der Waals surface area (Å²) in [6.07, 6.45) is 0. The summed E-state index contributed by atoms with van der Waals surface area (Å²) in [7, 11) is 0. The maximum absolute atomic E-state index is 10.3. The average molecular weight is 301 g/mol. The third-order valence-corrected chi connectivity index (χ3v) is 4.44. The first-order valence-electron chi connectivity index (χ1n) is 6.76. The minimum atomic E-state index is 0.0819. The third kappa shape index (κ3) is 3.05. The van der Waals surface area contributed by atoms with E-state index in [2.05, 4.69) is 16.0 Å². The highest BCUT2D eigenvalue weighted by atomic mass is 32.1. The summed E-state index contributed by atoms with van der Waals surface area (Å²) in [5.41, 5.74) is 1.12. The maximum Gasteiger partial charge on any atom is 0.138 e. The molecule has 108 valence electrons. The number of fused-ring (bicyclic) bond motifs is 1. The second-order valence-electron chi connectivity index (χ2n) is 4.81. The molecule has 0 bridgehead atoms. The Bertz CT molecular complexity index is 678. The van der Waals surface area contributed by atoms with Crippen molar-refractivity contribution in [1.82, 2.24) is 9.88 Å². The van der Waals surface area contributed by atoms with Gasteiger partial charge in [0.15, 0.2) is 0 Å². The summed E-state index contributed by atoms with van der Waals surface area (Å²) < 4.78 is 6.29. The van der Waals surface area contributed by atoms with Gasteiger partial charge in [0.25, 0.3) is 0 Å². The van der Waals surface area contributed by atoms with Crippen molar-refractivity contribution in [2.75, 3.05) is 32.8 Å². The highest BCUT2D eigenvalue weighted by Gasteiger charge is 2.17. The fourth-order valence-corrected chi connectivity index (χ4v) is 3.25. The second kappa shape index (κ2) is 6.22. The van der Waals surface area contributed by atoms with Gasteiger partial charge in [-0.25, -0.2) is 4.98 Å². The summed E-state index contributed by atoms with van der Waals surface area (Å²) >= 11 is 1.43. The van der Waals surface area contributed by atoms with Crippen LogP contribution in [-0.4, -0.2) is 47.8 Å². The number of benzene rings is 1. The first-order chi connectivity index (χ1) is 10.3. The number of aromatic nitrogens is 1. The Morgan fingerprint density at radius 2 is 2.14 bits per heavy atom. The van der Waals surface area contributed by atoms with Crippen LogP contribution in [0.4, 0.5) is 0 Å². The topological polar surface area (TPSA) is 69.4 Å². The molecule has 1 aliphatic rings. The molecular formula is C15H15N3O2S. The molecule has 1 aromatic carbocycles. The van der Waals surface area contributed by atoms with E-state index >= 15 is 0 Å². The van der Waals surface area contributed by atoms with Crippen molar-refractivity contribution in [1.29, 1.82) is 5.26 Å². The number of thiazole rings is 1. The zero-order valence-electron chi connectivity index (χ0n) is 11.5. The quantitative estimate of drug-likeness (QED) is 0.696. The summed E-state index contributed by atoms with van der Waals surface area (Å²) in [6, 6.07) is 9.81. The van der Waals surface area contributed by atoms with Crippen LogP contribution in [0.3, 0.4) is 0 Å². The van der Waals surface area contributed by atoms with E-state index in [9.17, 15) is 10.4 Å². The van der Waals surface area contributed by atoms with Gasteiger partial charge < -0.3 is 9.84 Å². The van der Waals surface area contributed by atoms with Gasteiger partial charge >= 0.3 is 0 Å². The number of morpholine rings is 1. The molecule has 0 aliphatic carbocycles. The number of para-hydroxylation sites is 1. The molecule has 2 heterocycles. The molecule has 6 heteroatoms. The number of hydrogen-bond donors (Lipinski definition) is 1. The highest BCUT2D eigenvalue weighted by molar-refractivity contribution is 7.19. The monoisotopic (exact) mass is 301 g/mol. The Kier molecular flexibility index (Phi) is 4.15. The Morgan fingerprint density at radius 1 is 1.38 bits per heavy atom. The molecule has 3 rings (SSSR count). The summed E-state index contributed by atoms with van der Waals surface area (Å²) in [5, 5.41) is 20.2. The molecular weight excluding hydrogens is 286 g/mol. The van der Waals surface area contributed by atoms with Crippen LogP contribution >= 0.6 is 11.3 Å². The highest BCUT2D eigenvalue weighted by Crippen LogP contribution is 2.28. The van der Waals surface area contributed by atoms with Crippen molar-refractivity contribution < 1.29 is 9.84 Å². The Labute approximate surface area is 126 Å². The SMILES string of the molecule is N#CC(=C(O)CN1CCOCC1)c1nc2ccccc2s1. The number of nitrogens with zero attached hydrogens (tertiary/aromatic N) is 3. The Balaban J connectivity index is 1.88. The van der Waals surface area contributed by atoms with Crippen LogP contribution in [0.15, 0.2) is 30.0 Å². The molecule has 0 amide bonds. The molecule has 0 atom stereocenters. The van der Waals surface area contributed by atoms with E-state index in [1.807, 2.05) is 24.3 Å². The van der Waals surface area contributed by atoms with Gasteiger partial charge in [-0.1, -0.05) is 12.1 Å². The van der Waals surface area contributed by atoms with Crippen molar-refractivity contribution in [2.24, 2.45) is 0 Å². The predicted molar refractivity (Wildman–Crippen MR) is 82.0 cm³/mol. The van der Waals surface area contributed by atoms with Crippen LogP contribution < -0.4 is 0 Å². The number of allylic oxidation sites excluding steroid dienone is 1. The first kappa shape index (κ1) is 14.0. The minimum Gasteiger partial charge on any atom is -0.509 e. The van der Waals surface area contributed by atoms with Gasteiger partial charge in [-0.15, -0.1) is 11.3 Å². The lowest BCUT2D eigenvalue weighted by atomic mass is 10.2. The van der Waals surface area contributed by atoms with Crippen LogP contribution in [0.1, 0.15) is 5.01 Å². The fraction of sp³-hybridized carbons (Fsp3) is 0.333. The molecule has 5 nitrogen and oxygen atoms in total. The minimum absolute atomic E-state index is 0.0819. The van der Waals surface area contributed by atoms with Gasteiger partial charge in [0, 0.05) is 13.1 Å². The average Bonchev–Trinajstić information content (AvgIpc) is 2.92. The lowest BCUT2D eigenvalue weighted by molar-refractivity contribution is 0.0381. The van der Waals surface area contributed by atoms with E-state index in [1.165, 1.54) is 11.3 Å². The van der Waals surface area contributed by atoms with Gasteiger partial charge in [-0.2, -0.15) is 5.26 Å². The Hall–Kier alpha value is -1.94. The summed E-state index contributed by atoms with van der Waals surface area (Å²) in [6.45, 7) is 3.22. The van der Waals surface area contributed by atoms with E-state index in [-0.39, 0.29) is 11.3 Å². The number of hydrogen-bond acceptors (Lipinski definition) is 6. The van der Waals surface area contributed by atoms with Gasteiger partial charge in [0.2, 0.25) is 0 Å². The number of rotatable bonds is 3. The molecule has 0 saturated carbocycles. The first-order valence-corrected chi connectivity index (χ1v) is 7.58. The molecule has 0 spiro atoms. The van der Waals surface area contributed by atoms with Gasteiger partial charge in [0.1, 0.15) is 22.4 Å². The van der Waals surface area contributed by atoms with Crippen LogP contribution in [0, 0.1) is 11.3 Å². The molecule has 21 heavy (non-hydrogen) atoms. The summed E-state index contributed by atoms with van der Waals surface area (Å²) in [5.74, 6) is 0.0819. The standard InChI is InChI=1S/C15H15N3O2S/c16-9-11(13(19)10-18-5-7-20-8-6-18)15-17-12-3-1-2-4-14(12)21-15/h1-4,19H,5-8,10H2. The van der Waals surface area contributed by atoms with Crippen molar-refractivity contribution in [3.8, 4) is 6.07 Å². The number of aliphatic hydroxyl groups is 1. The third-order valence-electron chi connectivity index (χ3n) is 3.39. The van der Waals surface area contributed by atoms with Crippen LogP contribution in [-0.2, 0) is 4.74 Å². The van der Waals surface area contributed by atoms with E-state index in [4.69, 9.17) is 4.74 Å². The number of nitriles is 1. The number of aliphatic hydroxyl groups excluding tert-OH is 1. The van der Waals surface area contributed by atoms with Crippen LogP contribution in [0.5, 0.6) is 0 Å². The maximum atomic E-state index is 10.3. The zero-order valence-corrected chi connectivity index (χ0v) is 12.3. The molecule has 0 radical (unpaired) electrons. The van der Waals surface area contributed by atoms with E-state index in [1.54, 1.807) is 0 Å². The largest absolute Gasteiger partial charge is 0.509 e. The molecule has 0 unspecified atom stereocenters. The van der Waals surface area contributed by atoms with Gasteiger partial charge in [-0.05, 0) is 12.1 Å². The molecule has 1 aliphatic heterocycles. The van der Waals surface area contributed by atoms with Crippen molar-refractivity contribution in [3.63, 3.8) is 0 Å². The Morgan fingerprint density at radius 3 is 2.86 bits per heavy atom. The zero-order chi connectivity index (χ0) is 14.7. The van der Waals surface area contributed by atoms with Crippen LogP contribution in [0.2, 0.25) is 0 Å². The molecule has 2 aromatic rings. The van der Waals surface area contributed by atoms with Crippen molar-refractivity contribution >= 4 is 27.1 Å². The van der Waals surface area contributed by atoms with Gasteiger partial charge in [-0.3, -0.25) is 4.90 Å². The van der Waals surface area contributed by atoms with Crippen molar-refractivity contribution in [2.45, 2.75) is 0 Å². The van der Waals surface area contributed by atoms with E-state index in [0.717, 1.165) is 23.3 Å². The molecule has 1 saturated heterocycles. The van der Waals surface area contributed by atoms with E-state index < -0.39 is 0 Å². The molecule has 1 fully saturated rings.